The van der Waals surface area contributed by atoms with E-state index in [0.717, 1.165) is 42.5 Å². The van der Waals surface area contributed by atoms with Crippen LogP contribution in [0.2, 0.25) is 0 Å². The second-order valence-corrected chi connectivity index (χ2v) is 5.37. The van der Waals surface area contributed by atoms with Gasteiger partial charge in [0, 0.05) is 18.5 Å². The highest BCUT2D eigenvalue weighted by atomic mass is 16.2. The lowest BCUT2D eigenvalue weighted by Crippen LogP contribution is -2.35. The van der Waals surface area contributed by atoms with Gasteiger partial charge in [-0.3, -0.25) is 9.59 Å². The van der Waals surface area contributed by atoms with Crippen molar-refractivity contribution in [1.82, 2.24) is 4.90 Å². The van der Waals surface area contributed by atoms with Gasteiger partial charge in [-0.15, -0.1) is 0 Å². The molecule has 1 amide bonds. The standard InChI is InChI=1S/C16H21NO2/c1-12-7-8-14(13(2)10-12)15(18)11-17-9-5-3-4-6-16(17)19/h7-8,10H,3-6,9,11H2,1-2H3. The Labute approximate surface area is 114 Å². The number of carbonyl (C=O) groups excluding carboxylic acids is 2. The van der Waals surface area contributed by atoms with Gasteiger partial charge in [-0.1, -0.05) is 30.2 Å². The Balaban J connectivity index is 2.09. The summed E-state index contributed by atoms with van der Waals surface area (Å²) in [6.07, 6.45) is 3.62. The average Bonchev–Trinajstić information content (AvgIpc) is 2.55. The molecule has 0 unspecified atom stereocenters. The van der Waals surface area contributed by atoms with E-state index in [0.29, 0.717) is 6.42 Å². The van der Waals surface area contributed by atoms with Gasteiger partial charge < -0.3 is 4.90 Å². The van der Waals surface area contributed by atoms with Crippen molar-refractivity contribution >= 4 is 11.7 Å². The van der Waals surface area contributed by atoms with Gasteiger partial charge in [0.25, 0.3) is 0 Å². The van der Waals surface area contributed by atoms with E-state index in [4.69, 9.17) is 0 Å². The third kappa shape index (κ3) is 3.43. The molecule has 1 aromatic carbocycles. The summed E-state index contributed by atoms with van der Waals surface area (Å²) in [5.74, 6) is 0.170. The van der Waals surface area contributed by atoms with E-state index in [1.54, 1.807) is 4.90 Å². The first kappa shape index (κ1) is 13.8. The Bertz CT molecular complexity index is 494. The van der Waals surface area contributed by atoms with Crippen LogP contribution in [0.5, 0.6) is 0 Å². The molecular weight excluding hydrogens is 238 g/mol. The molecule has 3 heteroatoms. The van der Waals surface area contributed by atoms with Gasteiger partial charge in [0.05, 0.1) is 6.54 Å². The highest BCUT2D eigenvalue weighted by Crippen LogP contribution is 2.15. The van der Waals surface area contributed by atoms with Crippen molar-refractivity contribution in [2.24, 2.45) is 0 Å². The summed E-state index contributed by atoms with van der Waals surface area (Å²) >= 11 is 0. The molecule has 0 radical (unpaired) electrons. The van der Waals surface area contributed by atoms with Crippen molar-refractivity contribution in [3.05, 3.63) is 34.9 Å². The van der Waals surface area contributed by atoms with Gasteiger partial charge in [0.1, 0.15) is 0 Å². The summed E-state index contributed by atoms with van der Waals surface area (Å²) in [4.78, 5) is 25.9. The van der Waals surface area contributed by atoms with E-state index in [1.165, 1.54) is 0 Å². The number of ketones is 1. The summed E-state index contributed by atoms with van der Waals surface area (Å²) < 4.78 is 0. The number of aryl methyl sites for hydroxylation is 2. The lowest BCUT2D eigenvalue weighted by Gasteiger charge is -2.20. The van der Waals surface area contributed by atoms with Crippen LogP contribution in [-0.4, -0.2) is 29.7 Å². The Morgan fingerprint density at radius 1 is 1.21 bits per heavy atom. The number of Topliss-reactive ketones (excluding diaryl/α,β-unsaturated/α-hetero) is 1. The highest BCUT2D eigenvalue weighted by molar-refractivity contribution is 6.00. The number of rotatable bonds is 3. The number of hydrogen-bond acceptors (Lipinski definition) is 2. The van der Waals surface area contributed by atoms with E-state index in [9.17, 15) is 9.59 Å². The molecule has 1 aromatic rings. The molecule has 19 heavy (non-hydrogen) atoms. The molecule has 1 aliphatic rings. The second-order valence-electron chi connectivity index (χ2n) is 5.37. The minimum atomic E-state index is 0.0488. The number of amides is 1. The fraction of sp³-hybridized carbons (Fsp3) is 0.500. The predicted molar refractivity (Wildman–Crippen MR) is 75.3 cm³/mol. The maximum atomic E-state index is 12.3. The summed E-state index contributed by atoms with van der Waals surface area (Å²) in [5, 5.41) is 0. The van der Waals surface area contributed by atoms with Crippen LogP contribution in [0.15, 0.2) is 18.2 Å². The van der Waals surface area contributed by atoms with Gasteiger partial charge in [0.15, 0.2) is 5.78 Å². The summed E-state index contributed by atoms with van der Waals surface area (Å²) in [7, 11) is 0. The Hall–Kier alpha value is -1.64. The molecule has 3 nitrogen and oxygen atoms in total. The summed E-state index contributed by atoms with van der Waals surface area (Å²) in [6, 6.07) is 5.83. The molecule has 0 aromatic heterocycles. The Morgan fingerprint density at radius 2 is 2.00 bits per heavy atom. The van der Waals surface area contributed by atoms with Crippen molar-refractivity contribution < 1.29 is 9.59 Å². The minimum absolute atomic E-state index is 0.0488. The van der Waals surface area contributed by atoms with E-state index in [2.05, 4.69) is 0 Å². The van der Waals surface area contributed by atoms with E-state index in [-0.39, 0.29) is 18.2 Å². The van der Waals surface area contributed by atoms with E-state index >= 15 is 0 Å². The van der Waals surface area contributed by atoms with Crippen LogP contribution in [0.3, 0.4) is 0 Å². The maximum Gasteiger partial charge on any atom is 0.222 e. The van der Waals surface area contributed by atoms with Crippen LogP contribution < -0.4 is 0 Å². The minimum Gasteiger partial charge on any atom is -0.335 e. The van der Waals surface area contributed by atoms with Crippen LogP contribution in [0.1, 0.15) is 47.2 Å². The second kappa shape index (κ2) is 6.00. The molecule has 1 aliphatic heterocycles. The molecule has 0 spiro atoms. The predicted octanol–water partition coefficient (Wildman–Crippen LogP) is 2.89. The molecule has 102 valence electrons. The number of nitrogens with zero attached hydrogens (tertiary/aromatic N) is 1. The molecule has 1 saturated heterocycles. The molecule has 1 heterocycles. The number of carbonyl (C=O) groups is 2. The van der Waals surface area contributed by atoms with Crippen molar-refractivity contribution in [2.45, 2.75) is 39.5 Å². The number of likely N-dealkylation sites (tertiary alicyclic amines) is 1. The SMILES string of the molecule is Cc1ccc(C(=O)CN2CCCCCC2=O)c(C)c1. The fourth-order valence-electron chi connectivity index (χ4n) is 2.59. The Kier molecular flexibility index (Phi) is 4.35. The molecule has 2 rings (SSSR count). The highest BCUT2D eigenvalue weighted by Gasteiger charge is 2.20. The average molecular weight is 259 g/mol. The third-order valence-corrected chi connectivity index (χ3v) is 3.69. The molecule has 0 atom stereocenters. The van der Waals surface area contributed by atoms with Gasteiger partial charge >= 0.3 is 0 Å². The first-order chi connectivity index (χ1) is 9.08. The summed E-state index contributed by atoms with van der Waals surface area (Å²) in [6.45, 7) is 4.91. The maximum absolute atomic E-state index is 12.3. The molecule has 0 N–H and O–H groups in total. The Morgan fingerprint density at radius 3 is 2.74 bits per heavy atom. The molecule has 1 fully saturated rings. The molecule has 0 saturated carbocycles. The number of hydrogen-bond donors (Lipinski definition) is 0. The van der Waals surface area contributed by atoms with Gasteiger partial charge in [0.2, 0.25) is 5.91 Å². The van der Waals surface area contributed by atoms with Crippen molar-refractivity contribution in [3.63, 3.8) is 0 Å². The summed E-state index contributed by atoms with van der Waals surface area (Å²) in [5.41, 5.74) is 2.88. The van der Waals surface area contributed by atoms with Crippen LogP contribution in [0.4, 0.5) is 0 Å². The zero-order valence-corrected chi connectivity index (χ0v) is 11.7. The molecule has 0 aliphatic carbocycles. The van der Waals surface area contributed by atoms with Crippen LogP contribution in [-0.2, 0) is 4.79 Å². The smallest absolute Gasteiger partial charge is 0.222 e. The molecular formula is C16H21NO2. The van der Waals surface area contributed by atoms with Gasteiger partial charge in [-0.25, -0.2) is 0 Å². The lowest BCUT2D eigenvalue weighted by atomic mass is 10.0. The first-order valence-corrected chi connectivity index (χ1v) is 6.96. The van der Waals surface area contributed by atoms with Crippen molar-refractivity contribution in [1.29, 1.82) is 0 Å². The zero-order chi connectivity index (χ0) is 13.8. The zero-order valence-electron chi connectivity index (χ0n) is 11.7. The van der Waals surface area contributed by atoms with Gasteiger partial charge in [-0.2, -0.15) is 0 Å². The number of benzene rings is 1. The van der Waals surface area contributed by atoms with Gasteiger partial charge in [-0.05, 0) is 32.3 Å². The quantitative estimate of drug-likeness (QED) is 0.783. The van der Waals surface area contributed by atoms with Crippen LogP contribution >= 0.6 is 0 Å². The van der Waals surface area contributed by atoms with Crippen LogP contribution in [0, 0.1) is 13.8 Å². The molecule has 0 bridgehead atoms. The van der Waals surface area contributed by atoms with E-state index < -0.39 is 0 Å². The largest absolute Gasteiger partial charge is 0.335 e. The van der Waals surface area contributed by atoms with Crippen LogP contribution in [0.25, 0.3) is 0 Å². The monoisotopic (exact) mass is 259 g/mol. The fourth-order valence-corrected chi connectivity index (χ4v) is 2.59. The van der Waals surface area contributed by atoms with Crippen molar-refractivity contribution in [2.75, 3.05) is 13.1 Å². The third-order valence-electron chi connectivity index (χ3n) is 3.69. The van der Waals surface area contributed by atoms with E-state index in [1.807, 2.05) is 32.0 Å². The topological polar surface area (TPSA) is 37.4 Å². The normalized spacial score (nSPS) is 16.3. The van der Waals surface area contributed by atoms with Crippen molar-refractivity contribution in [3.8, 4) is 0 Å². The first-order valence-electron chi connectivity index (χ1n) is 6.96. The lowest BCUT2D eigenvalue weighted by molar-refractivity contribution is -0.130.